The third-order valence-electron chi connectivity index (χ3n) is 3.85. The first-order chi connectivity index (χ1) is 13.4. The Morgan fingerprint density at radius 3 is 2.46 bits per heavy atom. The lowest BCUT2D eigenvalue weighted by Gasteiger charge is -2.09. The van der Waals surface area contributed by atoms with Gasteiger partial charge < -0.3 is 10.1 Å². The molecule has 0 radical (unpaired) electrons. The number of benzene rings is 2. The SMILES string of the molecule is CC[C@@H](C)NC(=O)C(=O)N/N=C\c1ccc(OCc2ccc(Cl)c(Cl)c2)cc1. The van der Waals surface area contributed by atoms with Crippen molar-refractivity contribution in [3.63, 3.8) is 0 Å². The number of nitrogens with one attached hydrogen (secondary N) is 2. The summed E-state index contributed by atoms with van der Waals surface area (Å²) in [6, 6.07) is 12.4. The van der Waals surface area contributed by atoms with Crippen LogP contribution in [0.5, 0.6) is 5.75 Å². The predicted molar refractivity (Wildman–Crippen MR) is 111 cm³/mol. The molecule has 6 nitrogen and oxygen atoms in total. The number of nitrogens with zero attached hydrogens (tertiary/aromatic N) is 1. The lowest BCUT2D eigenvalue weighted by Crippen LogP contribution is -2.41. The lowest BCUT2D eigenvalue weighted by atomic mass is 10.2. The average molecular weight is 422 g/mol. The molecule has 0 aliphatic rings. The number of halogens is 2. The van der Waals surface area contributed by atoms with Crippen molar-refractivity contribution in [2.75, 3.05) is 0 Å². The second kappa shape index (κ2) is 10.7. The Kier molecular flexibility index (Phi) is 8.29. The maximum atomic E-state index is 11.6. The summed E-state index contributed by atoms with van der Waals surface area (Å²) in [5.41, 5.74) is 3.84. The number of carbonyl (C=O) groups is 2. The van der Waals surface area contributed by atoms with E-state index in [1.807, 2.05) is 19.9 Å². The summed E-state index contributed by atoms with van der Waals surface area (Å²) in [7, 11) is 0. The Bertz CT molecular complexity index is 854. The second-order valence-corrected chi connectivity index (χ2v) is 6.90. The predicted octanol–water partition coefficient (Wildman–Crippen LogP) is 3.94. The summed E-state index contributed by atoms with van der Waals surface area (Å²) in [4.78, 5) is 23.2. The first-order valence-electron chi connectivity index (χ1n) is 8.69. The standard InChI is InChI=1S/C20H21Cl2N3O3/c1-3-13(2)24-19(26)20(27)25-23-11-14-4-7-16(8-5-14)28-12-15-6-9-17(21)18(22)10-15/h4-11,13H,3,12H2,1-2H3,(H,24,26)(H,25,27)/b23-11-/t13-/m1/s1. The fourth-order valence-corrected chi connectivity index (χ4v) is 2.37. The topological polar surface area (TPSA) is 79.8 Å². The smallest absolute Gasteiger partial charge is 0.329 e. The Labute approximate surface area is 173 Å². The Balaban J connectivity index is 1.83. The molecule has 8 heteroatoms. The van der Waals surface area contributed by atoms with E-state index in [4.69, 9.17) is 27.9 Å². The molecule has 2 aromatic rings. The van der Waals surface area contributed by atoms with E-state index in [1.165, 1.54) is 6.21 Å². The van der Waals surface area contributed by atoms with E-state index in [9.17, 15) is 9.59 Å². The Hall–Kier alpha value is -2.57. The number of carbonyl (C=O) groups excluding carboxylic acids is 2. The van der Waals surface area contributed by atoms with E-state index in [-0.39, 0.29) is 6.04 Å². The molecule has 0 bridgehead atoms. The summed E-state index contributed by atoms with van der Waals surface area (Å²) in [5.74, 6) is -0.851. The number of hydrogen-bond donors (Lipinski definition) is 2. The van der Waals surface area contributed by atoms with E-state index in [0.717, 1.165) is 17.5 Å². The summed E-state index contributed by atoms with van der Waals surface area (Å²) in [6.45, 7) is 4.09. The first kappa shape index (κ1) is 21.7. The van der Waals surface area contributed by atoms with Gasteiger partial charge in [0.25, 0.3) is 0 Å². The molecule has 28 heavy (non-hydrogen) atoms. The van der Waals surface area contributed by atoms with E-state index in [0.29, 0.717) is 22.4 Å². The van der Waals surface area contributed by atoms with Crippen LogP contribution in [0.4, 0.5) is 0 Å². The van der Waals surface area contributed by atoms with Crippen LogP contribution < -0.4 is 15.5 Å². The summed E-state index contributed by atoms with van der Waals surface area (Å²) in [5, 5.41) is 7.33. The zero-order valence-electron chi connectivity index (χ0n) is 15.5. The van der Waals surface area contributed by atoms with Gasteiger partial charge in [0, 0.05) is 6.04 Å². The summed E-state index contributed by atoms with van der Waals surface area (Å²) in [6.07, 6.45) is 2.18. The molecule has 2 N–H and O–H groups in total. The third-order valence-corrected chi connectivity index (χ3v) is 4.58. The van der Waals surface area contributed by atoms with Crippen molar-refractivity contribution in [1.82, 2.24) is 10.7 Å². The van der Waals surface area contributed by atoms with Crippen molar-refractivity contribution in [2.24, 2.45) is 5.10 Å². The molecule has 0 aliphatic carbocycles. The summed E-state index contributed by atoms with van der Waals surface area (Å²) >= 11 is 11.9. The number of hydrazone groups is 1. The molecule has 2 amide bonds. The largest absolute Gasteiger partial charge is 0.489 e. The normalized spacial score (nSPS) is 11.9. The highest BCUT2D eigenvalue weighted by atomic mass is 35.5. The molecule has 2 rings (SSSR count). The van der Waals surface area contributed by atoms with E-state index < -0.39 is 11.8 Å². The fraction of sp³-hybridized carbons (Fsp3) is 0.250. The van der Waals surface area contributed by atoms with Crippen LogP contribution in [-0.4, -0.2) is 24.1 Å². The van der Waals surface area contributed by atoms with Crippen LogP contribution >= 0.6 is 23.2 Å². The van der Waals surface area contributed by atoms with Crippen LogP contribution in [0.15, 0.2) is 47.6 Å². The molecule has 0 spiro atoms. The molecule has 0 aliphatic heterocycles. The minimum Gasteiger partial charge on any atom is -0.489 e. The zero-order valence-corrected chi connectivity index (χ0v) is 17.1. The van der Waals surface area contributed by atoms with E-state index in [2.05, 4.69) is 15.8 Å². The maximum absolute atomic E-state index is 11.6. The monoisotopic (exact) mass is 421 g/mol. The second-order valence-electron chi connectivity index (χ2n) is 6.09. The number of rotatable bonds is 7. The molecular formula is C20H21Cl2N3O3. The van der Waals surface area contributed by atoms with Crippen molar-refractivity contribution in [2.45, 2.75) is 32.9 Å². The Morgan fingerprint density at radius 2 is 1.82 bits per heavy atom. The van der Waals surface area contributed by atoms with Crippen molar-refractivity contribution >= 4 is 41.2 Å². The van der Waals surface area contributed by atoms with Gasteiger partial charge in [-0.3, -0.25) is 9.59 Å². The molecule has 0 saturated carbocycles. The number of ether oxygens (including phenoxy) is 1. The van der Waals surface area contributed by atoms with Crippen LogP contribution in [0.2, 0.25) is 10.0 Å². The van der Waals surface area contributed by atoms with Gasteiger partial charge in [-0.25, -0.2) is 5.43 Å². The molecule has 0 fully saturated rings. The molecule has 148 valence electrons. The minimum atomic E-state index is -0.807. The number of hydrogen-bond acceptors (Lipinski definition) is 4. The van der Waals surface area contributed by atoms with Crippen LogP contribution in [-0.2, 0) is 16.2 Å². The molecule has 2 aromatic carbocycles. The molecule has 0 heterocycles. The van der Waals surface area contributed by atoms with Crippen LogP contribution in [0.1, 0.15) is 31.4 Å². The van der Waals surface area contributed by atoms with E-state index >= 15 is 0 Å². The van der Waals surface area contributed by atoms with Crippen molar-refractivity contribution in [1.29, 1.82) is 0 Å². The van der Waals surface area contributed by atoms with Crippen LogP contribution in [0.25, 0.3) is 0 Å². The highest BCUT2D eigenvalue weighted by molar-refractivity contribution is 6.42. The molecule has 1 atom stereocenters. The third kappa shape index (κ3) is 6.87. The van der Waals surface area contributed by atoms with Crippen LogP contribution in [0.3, 0.4) is 0 Å². The van der Waals surface area contributed by atoms with Gasteiger partial charge in [0.15, 0.2) is 0 Å². The maximum Gasteiger partial charge on any atom is 0.329 e. The molecular weight excluding hydrogens is 401 g/mol. The van der Waals surface area contributed by atoms with Gasteiger partial charge in [-0.1, -0.05) is 36.2 Å². The number of amides is 2. The van der Waals surface area contributed by atoms with Crippen molar-refractivity contribution in [3.8, 4) is 5.75 Å². The minimum absolute atomic E-state index is 0.0707. The lowest BCUT2D eigenvalue weighted by molar-refractivity contribution is -0.139. The summed E-state index contributed by atoms with van der Waals surface area (Å²) < 4.78 is 5.69. The van der Waals surface area contributed by atoms with Gasteiger partial charge >= 0.3 is 11.8 Å². The fourth-order valence-electron chi connectivity index (χ4n) is 2.05. The molecule has 0 unspecified atom stereocenters. The van der Waals surface area contributed by atoms with Gasteiger partial charge in [0.2, 0.25) is 0 Å². The molecule has 0 aromatic heterocycles. The first-order valence-corrected chi connectivity index (χ1v) is 9.45. The van der Waals surface area contributed by atoms with Gasteiger partial charge in [-0.2, -0.15) is 5.10 Å². The zero-order chi connectivity index (χ0) is 20.5. The van der Waals surface area contributed by atoms with E-state index in [1.54, 1.807) is 36.4 Å². The van der Waals surface area contributed by atoms with Gasteiger partial charge in [0.05, 0.1) is 16.3 Å². The highest BCUT2D eigenvalue weighted by Crippen LogP contribution is 2.23. The molecule has 0 saturated heterocycles. The van der Waals surface area contributed by atoms with Gasteiger partial charge in [0.1, 0.15) is 12.4 Å². The quantitative estimate of drug-likeness (QED) is 0.403. The van der Waals surface area contributed by atoms with Crippen molar-refractivity contribution < 1.29 is 14.3 Å². The highest BCUT2D eigenvalue weighted by Gasteiger charge is 2.14. The average Bonchev–Trinajstić information content (AvgIpc) is 2.69. The Morgan fingerprint density at radius 1 is 1.11 bits per heavy atom. The van der Waals surface area contributed by atoms with Gasteiger partial charge in [-0.15, -0.1) is 0 Å². The van der Waals surface area contributed by atoms with Crippen molar-refractivity contribution in [3.05, 3.63) is 63.6 Å². The van der Waals surface area contributed by atoms with Gasteiger partial charge in [-0.05, 0) is 60.9 Å². The van der Waals surface area contributed by atoms with Crippen LogP contribution in [0, 0.1) is 0 Å².